The van der Waals surface area contributed by atoms with Crippen molar-refractivity contribution >= 4 is 46.4 Å². The van der Waals surface area contributed by atoms with Crippen molar-refractivity contribution in [2.45, 2.75) is 0 Å². The van der Waals surface area contributed by atoms with Gasteiger partial charge in [0.1, 0.15) is 0 Å². The lowest BCUT2D eigenvalue weighted by atomic mass is 10.2. The van der Waals surface area contributed by atoms with Gasteiger partial charge in [0.2, 0.25) is 5.91 Å². The first-order valence-corrected chi connectivity index (χ1v) is 8.61. The van der Waals surface area contributed by atoms with E-state index in [-0.39, 0.29) is 18.4 Å². The van der Waals surface area contributed by atoms with Gasteiger partial charge < -0.3 is 20.7 Å². The van der Waals surface area contributed by atoms with Crippen LogP contribution in [0.1, 0.15) is 10.4 Å². The fourth-order valence-corrected chi connectivity index (χ4v) is 2.60. The lowest BCUT2D eigenvalue weighted by Gasteiger charge is -2.10. The number of methoxy groups -OCH3 is 1. The molecule has 2 amide bonds. The Morgan fingerprint density at radius 1 is 1.12 bits per heavy atom. The maximum absolute atomic E-state index is 12.1. The third-order valence-corrected chi connectivity index (χ3v) is 3.92. The molecule has 0 spiro atoms. The van der Waals surface area contributed by atoms with Gasteiger partial charge in [-0.25, -0.2) is 0 Å². The van der Waals surface area contributed by atoms with Crippen LogP contribution in [0.5, 0.6) is 0 Å². The highest BCUT2D eigenvalue weighted by atomic mass is 35.5. The Labute approximate surface area is 161 Å². The van der Waals surface area contributed by atoms with Crippen LogP contribution in [0.3, 0.4) is 0 Å². The second kappa shape index (κ2) is 10.0. The van der Waals surface area contributed by atoms with Gasteiger partial charge in [-0.2, -0.15) is 0 Å². The molecule has 0 saturated heterocycles. The number of anilines is 2. The fraction of sp³-hybridized carbons (Fsp3) is 0.222. The molecule has 138 valence electrons. The van der Waals surface area contributed by atoms with Gasteiger partial charge in [-0.1, -0.05) is 29.3 Å². The highest BCUT2D eigenvalue weighted by Gasteiger charge is 2.08. The van der Waals surface area contributed by atoms with Gasteiger partial charge in [0.15, 0.2) is 0 Å². The molecule has 0 aromatic heterocycles. The third-order valence-electron chi connectivity index (χ3n) is 3.37. The number of hydrogen-bond acceptors (Lipinski definition) is 4. The van der Waals surface area contributed by atoms with E-state index in [9.17, 15) is 9.59 Å². The minimum absolute atomic E-state index is 0.0195. The molecule has 0 aliphatic carbocycles. The van der Waals surface area contributed by atoms with Crippen molar-refractivity contribution in [2.75, 3.05) is 37.4 Å². The average Bonchev–Trinajstić information content (AvgIpc) is 2.61. The standard InChI is InChI=1S/C18H19Cl2N3O3/c1-26-8-7-21-18(25)12-3-2-4-14(9-12)23-17(24)11-22-16-6-5-13(19)10-15(16)20/h2-6,9-10,22H,7-8,11H2,1H3,(H,21,25)(H,23,24). The number of nitrogens with one attached hydrogen (secondary N) is 3. The number of carbonyl (C=O) groups is 2. The SMILES string of the molecule is COCCNC(=O)c1cccc(NC(=O)CNc2ccc(Cl)cc2Cl)c1. The summed E-state index contributed by atoms with van der Waals surface area (Å²) in [6, 6.07) is 11.7. The molecular weight excluding hydrogens is 377 g/mol. The van der Waals surface area contributed by atoms with Gasteiger partial charge >= 0.3 is 0 Å². The number of benzene rings is 2. The Balaban J connectivity index is 1.90. The molecule has 6 nitrogen and oxygen atoms in total. The summed E-state index contributed by atoms with van der Waals surface area (Å²) >= 11 is 11.9. The fourth-order valence-electron chi connectivity index (χ4n) is 2.12. The Kier molecular flexibility index (Phi) is 7.72. The summed E-state index contributed by atoms with van der Waals surface area (Å²) in [5.41, 5.74) is 1.59. The molecule has 0 aliphatic rings. The van der Waals surface area contributed by atoms with Gasteiger partial charge in [0.05, 0.1) is 23.9 Å². The minimum Gasteiger partial charge on any atom is -0.383 e. The van der Waals surface area contributed by atoms with Crippen LogP contribution >= 0.6 is 23.2 Å². The van der Waals surface area contributed by atoms with Crippen molar-refractivity contribution < 1.29 is 14.3 Å². The van der Waals surface area contributed by atoms with E-state index in [0.717, 1.165) is 0 Å². The van der Waals surface area contributed by atoms with E-state index < -0.39 is 0 Å². The van der Waals surface area contributed by atoms with Crippen molar-refractivity contribution in [3.8, 4) is 0 Å². The van der Waals surface area contributed by atoms with Crippen molar-refractivity contribution in [1.29, 1.82) is 0 Å². The van der Waals surface area contributed by atoms with E-state index in [4.69, 9.17) is 27.9 Å². The highest BCUT2D eigenvalue weighted by molar-refractivity contribution is 6.36. The van der Waals surface area contributed by atoms with Crippen LogP contribution < -0.4 is 16.0 Å². The molecule has 0 aliphatic heterocycles. The molecule has 0 fully saturated rings. The predicted octanol–water partition coefficient (Wildman–Crippen LogP) is 3.42. The second-order valence-electron chi connectivity index (χ2n) is 5.36. The molecule has 3 N–H and O–H groups in total. The molecule has 2 rings (SSSR count). The van der Waals surface area contributed by atoms with Gasteiger partial charge in [-0.3, -0.25) is 9.59 Å². The lowest BCUT2D eigenvalue weighted by Crippen LogP contribution is -2.27. The van der Waals surface area contributed by atoms with Crippen LogP contribution in [0.4, 0.5) is 11.4 Å². The summed E-state index contributed by atoms with van der Waals surface area (Å²) in [7, 11) is 1.56. The zero-order valence-electron chi connectivity index (χ0n) is 14.1. The van der Waals surface area contributed by atoms with Crippen LogP contribution in [0, 0.1) is 0 Å². The number of halogens is 2. The van der Waals surface area contributed by atoms with Crippen molar-refractivity contribution in [3.05, 3.63) is 58.1 Å². The smallest absolute Gasteiger partial charge is 0.251 e. The molecule has 26 heavy (non-hydrogen) atoms. The molecular formula is C18H19Cl2N3O3. The molecule has 2 aromatic carbocycles. The maximum Gasteiger partial charge on any atom is 0.251 e. The molecule has 8 heteroatoms. The van der Waals surface area contributed by atoms with Gasteiger partial charge in [-0.15, -0.1) is 0 Å². The number of hydrogen-bond donors (Lipinski definition) is 3. The first kappa shape index (κ1) is 20.0. The van der Waals surface area contributed by atoms with Gasteiger partial charge in [0.25, 0.3) is 5.91 Å². The molecule has 0 saturated carbocycles. The second-order valence-corrected chi connectivity index (χ2v) is 6.20. The number of ether oxygens (including phenoxy) is 1. The molecule has 0 heterocycles. The van der Waals surface area contributed by atoms with Crippen LogP contribution in [-0.4, -0.2) is 38.6 Å². The van der Waals surface area contributed by atoms with Crippen LogP contribution in [0.2, 0.25) is 10.0 Å². The molecule has 0 bridgehead atoms. The van der Waals surface area contributed by atoms with Crippen LogP contribution in [0.15, 0.2) is 42.5 Å². The summed E-state index contributed by atoms with van der Waals surface area (Å²) < 4.78 is 4.89. The molecule has 0 unspecified atom stereocenters. The summed E-state index contributed by atoms with van der Waals surface area (Å²) in [6.45, 7) is 0.865. The van der Waals surface area contributed by atoms with E-state index in [0.29, 0.717) is 40.1 Å². The zero-order valence-corrected chi connectivity index (χ0v) is 15.7. The molecule has 0 radical (unpaired) electrons. The van der Waals surface area contributed by atoms with Crippen molar-refractivity contribution in [1.82, 2.24) is 5.32 Å². The van der Waals surface area contributed by atoms with E-state index >= 15 is 0 Å². The largest absolute Gasteiger partial charge is 0.383 e. The monoisotopic (exact) mass is 395 g/mol. The Bertz CT molecular complexity index is 784. The predicted molar refractivity (Wildman–Crippen MR) is 104 cm³/mol. The quantitative estimate of drug-likeness (QED) is 0.598. The zero-order chi connectivity index (χ0) is 18.9. The van der Waals surface area contributed by atoms with Crippen molar-refractivity contribution in [2.24, 2.45) is 0 Å². The van der Waals surface area contributed by atoms with E-state index in [1.165, 1.54) is 0 Å². The summed E-state index contributed by atoms with van der Waals surface area (Å²) in [5, 5.41) is 9.34. The number of carbonyl (C=O) groups excluding carboxylic acids is 2. The Hall–Kier alpha value is -2.28. The summed E-state index contributed by atoms with van der Waals surface area (Å²) in [5.74, 6) is -0.503. The number of rotatable bonds is 8. The average molecular weight is 396 g/mol. The molecule has 2 aromatic rings. The Morgan fingerprint density at radius 3 is 2.65 bits per heavy atom. The summed E-state index contributed by atoms with van der Waals surface area (Å²) in [4.78, 5) is 24.1. The first-order chi connectivity index (χ1) is 12.5. The number of amides is 2. The van der Waals surface area contributed by atoms with E-state index in [1.54, 1.807) is 49.6 Å². The van der Waals surface area contributed by atoms with Crippen LogP contribution in [-0.2, 0) is 9.53 Å². The van der Waals surface area contributed by atoms with Gasteiger partial charge in [-0.05, 0) is 36.4 Å². The normalized spacial score (nSPS) is 10.3. The highest BCUT2D eigenvalue weighted by Crippen LogP contribution is 2.25. The van der Waals surface area contributed by atoms with Crippen molar-refractivity contribution in [3.63, 3.8) is 0 Å². The Morgan fingerprint density at radius 2 is 1.92 bits per heavy atom. The van der Waals surface area contributed by atoms with E-state index in [1.807, 2.05) is 0 Å². The summed E-state index contributed by atoms with van der Waals surface area (Å²) in [6.07, 6.45) is 0. The lowest BCUT2D eigenvalue weighted by molar-refractivity contribution is -0.114. The van der Waals surface area contributed by atoms with E-state index in [2.05, 4.69) is 16.0 Å². The van der Waals surface area contributed by atoms with Crippen LogP contribution in [0.25, 0.3) is 0 Å². The van der Waals surface area contributed by atoms with Gasteiger partial charge in [0, 0.05) is 29.9 Å². The maximum atomic E-state index is 12.1. The molecule has 0 atom stereocenters. The minimum atomic E-state index is -0.270. The topological polar surface area (TPSA) is 79.5 Å². The third kappa shape index (κ3) is 6.22. The first-order valence-electron chi connectivity index (χ1n) is 7.85.